The van der Waals surface area contributed by atoms with E-state index in [0.717, 1.165) is 16.7 Å². The van der Waals surface area contributed by atoms with E-state index < -0.39 is 11.9 Å². The van der Waals surface area contributed by atoms with Crippen LogP contribution >= 0.6 is 11.3 Å². The Morgan fingerprint density at radius 1 is 0.820 bits per heavy atom. The van der Waals surface area contributed by atoms with Gasteiger partial charge in [0.05, 0.1) is 10.2 Å². The lowest BCUT2D eigenvalue weighted by Gasteiger charge is -2.25. The zero-order chi connectivity index (χ0) is 35.4. The quantitative estimate of drug-likeness (QED) is 0.159. The fourth-order valence-corrected chi connectivity index (χ4v) is 6.58. The molecular formula is C41H37FN4O3S. The van der Waals surface area contributed by atoms with Crippen LogP contribution in [-0.4, -0.2) is 34.7 Å². The van der Waals surface area contributed by atoms with E-state index in [1.165, 1.54) is 33.9 Å². The lowest BCUT2D eigenvalue weighted by Crippen LogP contribution is -2.41. The third kappa shape index (κ3) is 7.79. The molecule has 2 N–H and O–H groups in total. The molecule has 0 fully saturated rings. The fraction of sp³-hybridized carbons (Fsp3) is 0.171. The Kier molecular flexibility index (Phi) is 9.88. The molecule has 0 spiro atoms. The molecule has 6 aromatic rings. The summed E-state index contributed by atoms with van der Waals surface area (Å²) < 4.78 is 14.1. The standard InChI is InChI=1S/C41H37FN4O3S/c1-41(2,3)29-18-16-27(17-19-29)32-12-8-9-13-33(32)37(47)43-31-22-23-34-35(24-31)50-39(44-34)38(48)45-36(28-10-6-5-7-11-28)40(49)46(4)25-26-14-20-30(42)21-15-26/h5-24,36H,25H2,1-4H3,(H,43,47)(H,45,48)/t36-/m0/s1. The Hall–Kier alpha value is -5.67. The Bertz CT molecular complexity index is 2160. The van der Waals surface area contributed by atoms with Gasteiger partial charge in [0.15, 0.2) is 5.01 Å². The second kappa shape index (κ2) is 14.4. The van der Waals surface area contributed by atoms with E-state index >= 15 is 0 Å². The van der Waals surface area contributed by atoms with Crippen molar-refractivity contribution < 1.29 is 18.8 Å². The number of carbonyl (C=O) groups excluding carboxylic acids is 3. The molecule has 1 atom stereocenters. The molecule has 0 aliphatic rings. The number of nitrogens with one attached hydrogen (secondary N) is 2. The minimum Gasteiger partial charge on any atom is -0.339 e. The normalized spacial score (nSPS) is 11.9. The molecule has 0 unspecified atom stereocenters. The smallest absolute Gasteiger partial charge is 0.281 e. The molecule has 6 rings (SSSR count). The summed E-state index contributed by atoms with van der Waals surface area (Å²) in [4.78, 5) is 46.8. The van der Waals surface area contributed by atoms with Crippen molar-refractivity contribution in [3.63, 3.8) is 0 Å². The molecule has 9 heteroatoms. The first kappa shape index (κ1) is 34.2. The zero-order valence-corrected chi connectivity index (χ0v) is 29.1. The second-order valence-electron chi connectivity index (χ2n) is 13.2. The number of hydrogen-bond acceptors (Lipinski definition) is 5. The Morgan fingerprint density at radius 3 is 2.20 bits per heavy atom. The molecule has 0 radical (unpaired) electrons. The van der Waals surface area contributed by atoms with E-state index in [9.17, 15) is 18.8 Å². The number of anilines is 1. The molecule has 252 valence electrons. The third-order valence-corrected chi connectivity index (χ3v) is 9.46. The van der Waals surface area contributed by atoms with Gasteiger partial charge in [-0.05, 0) is 69.6 Å². The highest BCUT2D eigenvalue weighted by atomic mass is 32.1. The van der Waals surface area contributed by atoms with E-state index in [1.807, 2.05) is 36.4 Å². The van der Waals surface area contributed by atoms with Crippen LogP contribution in [-0.2, 0) is 16.8 Å². The summed E-state index contributed by atoms with van der Waals surface area (Å²) >= 11 is 1.17. The van der Waals surface area contributed by atoms with E-state index in [1.54, 1.807) is 67.7 Å². The first-order valence-electron chi connectivity index (χ1n) is 16.2. The number of halogens is 1. The zero-order valence-electron chi connectivity index (χ0n) is 28.2. The topological polar surface area (TPSA) is 91.4 Å². The van der Waals surface area contributed by atoms with Crippen LogP contribution in [0, 0.1) is 5.82 Å². The van der Waals surface area contributed by atoms with Crippen LogP contribution in [0.15, 0.2) is 121 Å². The average molecular weight is 685 g/mol. The fourth-order valence-electron chi connectivity index (χ4n) is 5.67. The van der Waals surface area contributed by atoms with E-state index in [-0.39, 0.29) is 34.6 Å². The molecule has 1 aromatic heterocycles. The highest BCUT2D eigenvalue weighted by molar-refractivity contribution is 7.20. The SMILES string of the molecule is CN(Cc1ccc(F)cc1)C(=O)[C@@H](NC(=O)c1nc2ccc(NC(=O)c3ccccc3-c3ccc(C(C)(C)C)cc3)cc2s1)c1ccccc1. The van der Waals surface area contributed by atoms with Gasteiger partial charge in [-0.25, -0.2) is 9.37 Å². The van der Waals surface area contributed by atoms with Gasteiger partial charge in [-0.3, -0.25) is 14.4 Å². The van der Waals surface area contributed by atoms with Gasteiger partial charge >= 0.3 is 0 Å². The van der Waals surface area contributed by atoms with Gasteiger partial charge in [-0.1, -0.05) is 106 Å². The molecule has 1 heterocycles. The molecule has 7 nitrogen and oxygen atoms in total. The molecule has 3 amide bonds. The van der Waals surface area contributed by atoms with Gasteiger partial charge in [0, 0.05) is 24.8 Å². The van der Waals surface area contributed by atoms with Crippen LogP contribution in [0.4, 0.5) is 10.1 Å². The van der Waals surface area contributed by atoms with E-state index in [2.05, 4.69) is 48.5 Å². The molecule has 0 saturated heterocycles. The van der Waals surface area contributed by atoms with E-state index in [0.29, 0.717) is 27.0 Å². The number of carbonyl (C=O) groups is 3. The predicted molar refractivity (Wildman–Crippen MR) is 198 cm³/mol. The predicted octanol–water partition coefficient (Wildman–Crippen LogP) is 8.78. The van der Waals surface area contributed by atoms with Crippen LogP contribution in [0.5, 0.6) is 0 Å². The molecule has 0 saturated carbocycles. The number of rotatable bonds is 9. The highest BCUT2D eigenvalue weighted by Crippen LogP contribution is 2.30. The number of fused-ring (bicyclic) bond motifs is 1. The summed E-state index contributed by atoms with van der Waals surface area (Å²) in [6.45, 7) is 6.74. The maximum Gasteiger partial charge on any atom is 0.281 e. The summed E-state index contributed by atoms with van der Waals surface area (Å²) in [6.07, 6.45) is 0. The van der Waals surface area contributed by atoms with Crippen molar-refractivity contribution in [3.8, 4) is 11.1 Å². The van der Waals surface area contributed by atoms with Crippen molar-refractivity contribution in [1.82, 2.24) is 15.2 Å². The van der Waals surface area contributed by atoms with Crippen molar-refractivity contribution in [2.45, 2.75) is 38.8 Å². The lowest BCUT2D eigenvalue weighted by molar-refractivity contribution is -0.132. The second-order valence-corrected chi connectivity index (χ2v) is 14.2. The van der Waals surface area contributed by atoms with Gasteiger partial charge in [0.25, 0.3) is 11.8 Å². The van der Waals surface area contributed by atoms with Crippen molar-refractivity contribution >= 4 is 45.0 Å². The number of nitrogens with zero attached hydrogens (tertiary/aromatic N) is 2. The molecule has 0 aliphatic carbocycles. The van der Waals surface area contributed by atoms with Crippen LogP contribution in [0.1, 0.15) is 63.7 Å². The summed E-state index contributed by atoms with van der Waals surface area (Å²) in [5.74, 6) is -1.44. The Labute approximate surface area is 294 Å². The number of aromatic nitrogens is 1. The van der Waals surface area contributed by atoms with Crippen LogP contribution in [0.3, 0.4) is 0 Å². The first-order valence-corrected chi connectivity index (χ1v) is 17.0. The highest BCUT2D eigenvalue weighted by Gasteiger charge is 2.27. The van der Waals surface area contributed by atoms with Gasteiger partial charge in [0.2, 0.25) is 5.91 Å². The molecule has 5 aromatic carbocycles. The Morgan fingerprint density at radius 2 is 1.50 bits per heavy atom. The van der Waals surface area contributed by atoms with Gasteiger partial charge in [-0.2, -0.15) is 0 Å². The number of benzene rings is 5. The number of hydrogen-bond donors (Lipinski definition) is 2. The van der Waals surface area contributed by atoms with Crippen LogP contribution in [0.2, 0.25) is 0 Å². The largest absolute Gasteiger partial charge is 0.339 e. The average Bonchev–Trinajstić information content (AvgIpc) is 3.55. The molecule has 50 heavy (non-hydrogen) atoms. The number of amides is 3. The summed E-state index contributed by atoms with van der Waals surface area (Å²) in [6, 6.07) is 35.0. The maximum atomic E-state index is 13.7. The van der Waals surface area contributed by atoms with Crippen molar-refractivity contribution in [3.05, 3.63) is 154 Å². The molecule has 0 aliphatic heterocycles. The molecule has 0 bridgehead atoms. The summed E-state index contributed by atoms with van der Waals surface area (Å²) in [5, 5.41) is 6.07. The van der Waals surface area contributed by atoms with Crippen LogP contribution < -0.4 is 10.6 Å². The van der Waals surface area contributed by atoms with Gasteiger partial charge < -0.3 is 15.5 Å². The summed E-state index contributed by atoms with van der Waals surface area (Å²) in [5.41, 5.74) is 6.09. The number of thiazole rings is 1. The van der Waals surface area contributed by atoms with Crippen molar-refractivity contribution in [2.75, 3.05) is 12.4 Å². The Balaban J connectivity index is 1.19. The first-order chi connectivity index (χ1) is 24.0. The number of likely N-dealkylation sites (N-methyl/N-ethyl adjacent to an activating group) is 1. The van der Waals surface area contributed by atoms with E-state index in [4.69, 9.17) is 0 Å². The summed E-state index contributed by atoms with van der Waals surface area (Å²) in [7, 11) is 1.64. The van der Waals surface area contributed by atoms with Gasteiger partial charge in [-0.15, -0.1) is 11.3 Å². The maximum absolute atomic E-state index is 13.7. The van der Waals surface area contributed by atoms with Crippen molar-refractivity contribution in [2.24, 2.45) is 0 Å². The monoisotopic (exact) mass is 684 g/mol. The minimum absolute atomic E-state index is 0.0230. The molecular weight excluding hydrogens is 648 g/mol. The van der Waals surface area contributed by atoms with Crippen LogP contribution in [0.25, 0.3) is 21.3 Å². The third-order valence-electron chi connectivity index (χ3n) is 8.44. The lowest BCUT2D eigenvalue weighted by atomic mass is 9.86. The van der Waals surface area contributed by atoms with Crippen molar-refractivity contribution in [1.29, 1.82) is 0 Å². The van der Waals surface area contributed by atoms with Gasteiger partial charge in [0.1, 0.15) is 11.9 Å². The minimum atomic E-state index is -0.972.